The fourth-order valence-corrected chi connectivity index (χ4v) is 2.11. The monoisotopic (exact) mass is 232 g/mol. The molecule has 1 aromatic heterocycles. The molecule has 1 heterocycles. The van der Waals surface area contributed by atoms with Gasteiger partial charge in [0, 0.05) is 6.04 Å². The first kappa shape index (κ1) is 12.0. The Morgan fingerprint density at radius 3 is 2.65 bits per heavy atom. The highest BCUT2D eigenvalue weighted by Gasteiger charge is 2.12. The summed E-state index contributed by atoms with van der Waals surface area (Å²) in [4.78, 5) is 4.55. The predicted molar refractivity (Wildman–Crippen MR) is 69.0 cm³/mol. The summed E-state index contributed by atoms with van der Waals surface area (Å²) in [6, 6.07) is 0.457. The molecule has 0 saturated carbocycles. The molecule has 0 fully saturated rings. The van der Waals surface area contributed by atoms with Crippen LogP contribution in [0, 0.1) is 0 Å². The van der Waals surface area contributed by atoms with E-state index in [0.29, 0.717) is 12.0 Å². The molecule has 4 nitrogen and oxygen atoms in total. The van der Waals surface area contributed by atoms with E-state index in [-0.39, 0.29) is 0 Å². The maximum absolute atomic E-state index is 4.55. The smallest absolute Gasteiger partial charge is 0.243 e. The normalized spacial score (nSPS) is 19.3. The number of allylic oxidation sites excluding steroid dienone is 1. The molecule has 1 aliphatic carbocycles. The van der Waals surface area contributed by atoms with E-state index in [1.54, 1.807) is 0 Å². The van der Waals surface area contributed by atoms with Crippen LogP contribution in [0.4, 0.5) is 5.95 Å². The molecule has 1 unspecified atom stereocenters. The first-order valence-corrected chi connectivity index (χ1v) is 6.47. The van der Waals surface area contributed by atoms with Crippen molar-refractivity contribution in [2.45, 2.75) is 52.0 Å². The van der Waals surface area contributed by atoms with Gasteiger partial charge in [0.1, 0.15) is 0 Å². The van der Waals surface area contributed by atoms with E-state index in [1.807, 2.05) is 0 Å². The fourth-order valence-electron chi connectivity index (χ4n) is 2.11. The van der Waals surface area contributed by atoms with Crippen LogP contribution in [0.2, 0.25) is 0 Å². The maximum atomic E-state index is 4.55. The van der Waals surface area contributed by atoms with E-state index in [1.165, 1.54) is 0 Å². The Hall–Kier alpha value is -1.45. The van der Waals surface area contributed by atoms with Gasteiger partial charge in [-0.1, -0.05) is 26.0 Å². The van der Waals surface area contributed by atoms with E-state index >= 15 is 0 Å². The number of aromatic nitrogens is 3. The van der Waals surface area contributed by atoms with Gasteiger partial charge in [-0.25, -0.2) is 4.98 Å². The van der Waals surface area contributed by atoms with Crippen LogP contribution >= 0.6 is 0 Å². The third-order valence-corrected chi connectivity index (χ3v) is 3.11. The van der Waals surface area contributed by atoms with Crippen molar-refractivity contribution in [2.75, 3.05) is 5.32 Å². The van der Waals surface area contributed by atoms with Crippen LogP contribution in [0.25, 0.3) is 0 Å². The number of nitrogens with zero attached hydrogens (tertiary/aromatic N) is 3. The standard InChI is InChI=1S/C13H20N4/c1-3-11-12(4-2)16-17-13(15-11)14-10-8-6-5-7-9-10/h5-6,10H,3-4,7-9H2,1-2H3,(H,14,15,17). The molecule has 0 spiro atoms. The Kier molecular flexibility index (Phi) is 4.07. The van der Waals surface area contributed by atoms with Crippen molar-refractivity contribution >= 4 is 5.95 Å². The Morgan fingerprint density at radius 2 is 2.00 bits per heavy atom. The summed E-state index contributed by atoms with van der Waals surface area (Å²) < 4.78 is 0. The third-order valence-electron chi connectivity index (χ3n) is 3.11. The quantitative estimate of drug-likeness (QED) is 0.810. The molecule has 92 valence electrons. The number of nitrogens with one attached hydrogen (secondary N) is 1. The molecular formula is C13H20N4. The van der Waals surface area contributed by atoms with Gasteiger partial charge in [-0.3, -0.25) is 0 Å². The largest absolute Gasteiger partial charge is 0.350 e. The molecule has 0 aromatic carbocycles. The molecule has 0 radical (unpaired) electrons. The van der Waals surface area contributed by atoms with Crippen molar-refractivity contribution in [1.29, 1.82) is 0 Å². The van der Waals surface area contributed by atoms with Crippen molar-refractivity contribution < 1.29 is 0 Å². The molecule has 0 saturated heterocycles. The Balaban J connectivity index is 2.08. The molecule has 17 heavy (non-hydrogen) atoms. The lowest BCUT2D eigenvalue weighted by Gasteiger charge is -2.19. The second-order valence-electron chi connectivity index (χ2n) is 4.36. The van der Waals surface area contributed by atoms with E-state index < -0.39 is 0 Å². The summed E-state index contributed by atoms with van der Waals surface area (Å²) in [5.74, 6) is 0.680. The molecule has 1 aliphatic rings. The fraction of sp³-hybridized carbons (Fsp3) is 0.615. The molecule has 1 atom stereocenters. The summed E-state index contributed by atoms with van der Waals surface area (Å²) in [6.07, 6.45) is 9.61. The third kappa shape index (κ3) is 3.02. The topological polar surface area (TPSA) is 50.7 Å². The van der Waals surface area contributed by atoms with Gasteiger partial charge < -0.3 is 5.32 Å². The summed E-state index contributed by atoms with van der Waals surface area (Å²) in [6.45, 7) is 4.19. The number of hydrogen-bond donors (Lipinski definition) is 1. The maximum Gasteiger partial charge on any atom is 0.243 e. The van der Waals surface area contributed by atoms with Crippen LogP contribution in [-0.2, 0) is 12.8 Å². The Bertz CT molecular complexity index is 400. The zero-order chi connectivity index (χ0) is 12.1. The molecule has 2 rings (SSSR count). The van der Waals surface area contributed by atoms with Crippen molar-refractivity contribution in [2.24, 2.45) is 0 Å². The Labute approximate surface area is 103 Å². The summed E-state index contributed by atoms with van der Waals surface area (Å²) >= 11 is 0. The highest BCUT2D eigenvalue weighted by molar-refractivity contribution is 5.28. The van der Waals surface area contributed by atoms with Gasteiger partial charge in [-0.2, -0.15) is 5.10 Å². The average Bonchev–Trinajstić information content (AvgIpc) is 2.40. The van der Waals surface area contributed by atoms with Gasteiger partial charge in [0.15, 0.2) is 0 Å². The minimum absolute atomic E-state index is 0.457. The van der Waals surface area contributed by atoms with Crippen LogP contribution < -0.4 is 5.32 Å². The molecule has 0 bridgehead atoms. The highest BCUT2D eigenvalue weighted by atomic mass is 15.2. The van der Waals surface area contributed by atoms with Gasteiger partial charge in [0.2, 0.25) is 5.95 Å². The molecule has 0 aliphatic heterocycles. The van der Waals surface area contributed by atoms with Crippen LogP contribution in [0.5, 0.6) is 0 Å². The Morgan fingerprint density at radius 1 is 1.18 bits per heavy atom. The van der Waals surface area contributed by atoms with Gasteiger partial charge in [-0.15, -0.1) is 5.10 Å². The molecule has 4 heteroatoms. The first-order valence-electron chi connectivity index (χ1n) is 6.47. The lowest BCUT2D eigenvalue weighted by molar-refractivity contribution is 0.634. The van der Waals surface area contributed by atoms with Crippen molar-refractivity contribution in [3.05, 3.63) is 23.5 Å². The molecular weight excluding hydrogens is 212 g/mol. The van der Waals surface area contributed by atoms with E-state index in [4.69, 9.17) is 0 Å². The van der Waals surface area contributed by atoms with Gasteiger partial charge in [-0.05, 0) is 32.1 Å². The summed E-state index contributed by atoms with van der Waals surface area (Å²) in [7, 11) is 0. The van der Waals surface area contributed by atoms with Gasteiger partial charge in [0.25, 0.3) is 0 Å². The number of aryl methyl sites for hydroxylation is 2. The van der Waals surface area contributed by atoms with Crippen molar-refractivity contribution in [3.8, 4) is 0 Å². The van der Waals surface area contributed by atoms with Crippen molar-refractivity contribution in [3.63, 3.8) is 0 Å². The minimum Gasteiger partial charge on any atom is -0.350 e. The van der Waals surface area contributed by atoms with Crippen LogP contribution in [0.3, 0.4) is 0 Å². The van der Waals surface area contributed by atoms with Gasteiger partial charge >= 0.3 is 0 Å². The number of hydrogen-bond acceptors (Lipinski definition) is 4. The lowest BCUT2D eigenvalue weighted by atomic mass is 10.0. The zero-order valence-corrected chi connectivity index (χ0v) is 10.6. The van der Waals surface area contributed by atoms with Crippen LogP contribution in [0.1, 0.15) is 44.5 Å². The minimum atomic E-state index is 0.457. The highest BCUT2D eigenvalue weighted by Crippen LogP contribution is 2.15. The lowest BCUT2D eigenvalue weighted by Crippen LogP contribution is -2.22. The number of anilines is 1. The second-order valence-corrected chi connectivity index (χ2v) is 4.36. The van der Waals surface area contributed by atoms with Crippen LogP contribution in [0.15, 0.2) is 12.2 Å². The first-order chi connectivity index (χ1) is 8.33. The zero-order valence-electron chi connectivity index (χ0n) is 10.6. The van der Waals surface area contributed by atoms with E-state index in [0.717, 1.165) is 43.5 Å². The molecule has 1 N–H and O–H groups in total. The van der Waals surface area contributed by atoms with Gasteiger partial charge in [0.05, 0.1) is 11.4 Å². The summed E-state index contributed by atoms with van der Waals surface area (Å²) in [5, 5.41) is 11.8. The summed E-state index contributed by atoms with van der Waals surface area (Å²) in [5.41, 5.74) is 2.08. The van der Waals surface area contributed by atoms with Crippen molar-refractivity contribution in [1.82, 2.24) is 15.2 Å². The van der Waals surface area contributed by atoms with E-state index in [2.05, 4.69) is 46.5 Å². The number of rotatable bonds is 4. The SMILES string of the molecule is CCc1nnc(NC2CC=CCC2)nc1CC. The van der Waals surface area contributed by atoms with E-state index in [9.17, 15) is 0 Å². The predicted octanol–water partition coefficient (Wildman–Crippen LogP) is 2.52. The van der Waals surface area contributed by atoms with Crippen LogP contribution in [-0.4, -0.2) is 21.2 Å². The second kappa shape index (κ2) is 5.75. The molecule has 0 amide bonds. The molecule has 1 aromatic rings. The average molecular weight is 232 g/mol.